The lowest BCUT2D eigenvalue weighted by atomic mass is 9.88. The highest BCUT2D eigenvalue weighted by molar-refractivity contribution is 7.17. The second-order valence-corrected chi connectivity index (χ2v) is 7.30. The van der Waals surface area contributed by atoms with Gasteiger partial charge in [-0.3, -0.25) is 9.59 Å². The number of fused-ring (bicyclic) bond motifs is 1. The summed E-state index contributed by atoms with van der Waals surface area (Å²) in [5, 5.41) is 3.34. The van der Waals surface area contributed by atoms with E-state index in [0.717, 1.165) is 35.5 Å². The Bertz CT molecular complexity index is 816. The summed E-state index contributed by atoms with van der Waals surface area (Å²) in [4.78, 5) is 25.2. The third-order valence-electron chi connectivity index (χ3n) is 4.15. The van der Waals surface area contributed by atoms with Crippen LogP contribution in [0.1, 0.15) is 45.7 Å². The maximum Gasteiger partial charge on any atom is 0.251 e. The fourth-order valence-electron chi connectivity index (χ4n) is 2.95. The Hall–Kier alpha value is -2.34. The van der Waals surface area contributed by atoms with Crippen molar-refractivity contribution in [2.45, 2.75) is 33.1 Å². The first kappa shape index (κ1) is 16.5. The number of nitrogens with one attached hydrogen (secondary N) is 1. The third kappa shape index (κ3) is 3.43. The number of primary amides is 1. The molecule has 3 N–H and O–H groups in total. The lowest BCUT2D eigenvalue weighted by Gasteiger charge is -2.18. The average molecular weight is 344 g/mol. The van der Waals surface area contributed by atoms with Gasteiger partial charge in [0, 0.05) is 11.0 Å². The van der Waals surface area contributed by atoms with Crippen molar-refractivity contribution in [1.29, 1.82) is 0 Å². The minimum Gasteiger partial charge on any atom is -0.462 e. The number of thiophene rings is 1. The van der Waals surface area contributed by atoms with Crippen LogP contribution in [0.25, 0.3) is 6.08 Å². The van der Waals surface area contributed by atoms with Crippen molar-refractivity contribution < 1.29 is 14.0 Å². The van der Waals surface area contributed by atoms with Crippen LogP contribution in [0.2, 0.25) is 0 Å². The quantitative estimate of drug-likeness (QED) is 0.832. The topological polar surface area (TPSA) is 85.3 Å². The fraction of sp³-hybridized carbons (Fsp3) is 0.333. The first-order valence-electron chi connectivity index (χ1n) is 7.94. The van der Waals surface area contributed by atoms with E-state index in [1.54, 1.807) is 12.1 Å². The summed E-state index contributed by atoms with van der Waals surface area (Å²) in [5.41, 5.74) is 7.02. The second kappa shape index (κ2) is 6.65. The van der Waals surface area contributed by atoms with Gasteiger partial charge in [-0.1, -0.05) is 6.92 Å². The monoisotopic (exact) mass is 344 g/mol. The number of aryl methyl sites for hydroxylation is 1. The molecule has 0 aromatic carbocycles. The summed E-state index contributed by atoms with van der Waals surface area (Å²) in [6, 6.07) is 3.62. The van der Waals surface area contributed by atoms with Crippen LogP contribution in [0.5, 0.6) is 0 Å². The van der Waals surface area contributed by atoms with E-state index in [0.29, 0.717) is 22.2 Å². The Morgan fingerprint density at radius 2 is 2.21 bits per heavy atom. The standard InChI is InChI=1S/C18H20N2O3S/c1-10-3-7-13-14(9-10)24-18(16(13)17(19)22)20-15(21)8-6-12-5-4-11(2)23-12/h4-6,8,10H,3,7,9H2,1-2H3,(H2,19,22)(H,20,21). The van der Waals surface area contributed by atoms with Crippen LogP contribution in [0.3, 0.4) is 0 Å². The zero-order chi connectivity index (χ0) is 17.3. The molecule has 0 spiro atoms. The van der Waals surface area contributed by atoms with Gasteiger partial charge in [0.15, 0.2) is 0 Å². The molecule has 2 aromatic heterocycles. The maximum atomic E-state index is 12.2. The predicted molar refractivity (Wildman–Crippen MR) is 95.1 cm³/mol. The molecule has 2 aromatic rings. The molecule has 6 heteroatoms. The minimum absolute atomic E-state index is 0.307. The van der Waals surface area contributed by atoms with Gasteiger partial charge in [-0.25, -0.2) is 0 Å². The molecule has 1 atom stereocenters. The van der Waals surface area contributed by atoms with Crippen molar-refractivity contribution in [2.24, 2.45) is 11.7 Å². The Labute approximate surface area is 144 Å². The smallest absolute Gasteiger partial charge is 0.251 e. The van der Waals surface area contributed by atoms with Crippen LogP contribution in [-0.2, 0) is 17.6 Å². The van der Waals surface area contributed by atoms with Crippen molar-refractivity contribution in [3.05, 3.63) is 45.7 Å². The molecule has 0 saturated heterocycles. The number of hydrogen-bond donors (Lipinski definition) is 2. The van der Waals surface area contributed by atoms with Crippen LogP contribution >= 0.6 is 11.3 Å². The molecular weight excluding hydrogens is 324 g/mol. The van der Waals surface area contributed by atoms with Gasteiger partial charge in [-0.15, -0.1) is 11.3 Å². The van der Waals surface area contributed by atoms with Crippen molar-refractivity contribution in [3.8, 4) is 0 Å². The molecule has 1 unspecified atom stereocenters. The second-order valence-electron chi connectivity index (χ2n) is 6.19. The molecular formula is C18H20N2O3S. The molecule has 3 rings (SSSR count). The van der Waals surface area contributed by atoms with Crippen molar-refractivity contribution in [3.63, 3.8) is 0 Å². The molecule has 0 fully saturated rings. The van der Waals surface area contributed by atoms with Crippen LogP contribution in [-0.4, -0.2) is 11.8 Å². The summed E-state index contributed by atoms with van der Waals surface area (Å²) >= 11 is 1.46. The number of rotatable bonds is 4. The number of carbonyl (C=O) groups is 2. The lowest BCUT2D eigenvalue weighted by molar-refractivity contribution is -0.111. The molecule has 0 saturated carbocycles. The predicted octanol–water partition coefficient (Wildman–Crippen LogP) is 3.53. The van der Waals surface area contributed by atoms with Gasteiger partial charge in [0.2, 0.25) is 5.91 Å². The number of hydrogen-bond acceptors (Lipinski definition) is 4. The zero-order valence-electron chi connectivity index (χ0n) is 13.7. The summed E-state index contributed by atoms with van der Waals surface area (Å²) < 4.78 is 5.39. The number of amides is 2. The Balaban J connectivity index is 1.80. The Morgan fingerprint density at radius 1 is 1.42 bits per heavy atom. The number of furan rings is 1. The van der Waals surface area contributed by atoms with Gasteiger partial charge < -0.3 is 15.5 Å². The Morgan fingerprint density at radius 3 is 2.88 bits per heavy atom. The van der Waals surface area contributed by atoms with Crippen molar-refractivity contribution in [1.82, 2.24) is 0 Å². The van der Waals surface area contributed by atoms with Gasteiger partial charge in [0.05, 0.1) is 5.56 Å². The number of anilines is 1. The highest BCUT2D eigenvalue weighted by Crippen LogP contribution is 2.39. The highest BCUT2D eigenvalue weighted by atomic mass is 32.1. The van der Waals surface area contributed by atoms with E-state index in [1.807, 2.05) is 13.0 Å². The summed E-state index contributed by atoms with van der Waals surface area (Å²) in [5.74, 6) is 1.19. The van der Waals surface area contributed by atoms with Crippen molar-refractivity contribution in [2.75, 3.05) is 5.32 Å². The molecule has 0 bridgehead atoms. The molecule has 0 aliphatic heterocycles. The van der Waals surface area contributed by atoms with E-state index < -0.39 is 5.91 Å². The molecule has 1 aliphatic carbocycles. The SMILES string of the molecule is Cc1ccc(C=CC(=O)Nc2sc3c(c2C(N)=O)CCC(C)C3)o1. The summed E-state index contributed by atoms with van der Waals surface area (Å²) in [6.07, 6.45) is 5.79. The van der Waals surface area contributed by atoms with Gasteiger partial charge in [0.1, 0.15) is 16.5 Å². The van der Waals surface area contributed by atoms with Gasteiger partial charge in [0.25, 0.3) is 5.91 Å². The van der Waals surface area contributed by atoms with E-state index in [-0.39, 0.29) is 5.91 Å². The first-order valence-corrected chi connectivity index (χ1v) is 8.75. The molecule has 2 amide bonds. The normalized spacial score (nSPS) is 17.0. The molecule has 0 radical (unpaired) electrons. The maximum absolute atomic E-state index is 12.2. The third-order valence-corrected chi connectivity index (χ3v) is 5.32. The van der Waals surface area contributed by atoms with Crippen LogP contribution in [0.4, 0.5) is 5.00 Å². The zero-order valence-corrected chi connectivity index (χ0v) is 14.5. The number of carbonyl (C=O) groups excluding carboxylic acids is 2. The van der Waals surface area contributed by atoms with Crippen molar-refractivity contribution >= 4 is 34.2 Å². The van der Waals surface area contributed by atoms with E-state index in [2.05, 4.69) is 12.2 Å². The summed E-state index contributed by atoms with van der Waals surface area (Å²) in [6.45, 7) is 4.03. The largest absolute Gasteiger partial charge is 0.462 e. The highest BCUT2D eigenvalue weighted by Gasteiger charge is 2.26. The molecule has 126 valence electrons. The molecule has 1 aliphatic rings. The van der Waals surface area contributed by atoms with E-state index in [4.69, 9.17) is 10.2 Å². The van der Waals surface area contributed by atoms with Gasteiger partial charge >= 0.3 is 0 Å². The average Bonchev–Trinajstić information content (AvgIpc) is 3.07. The number of nitrogens with two attached hydrogens (primary N) is 1. The van der Waals surface area contributed by atoms with Crippen LogP contribution in [0.15, 0.2) is 22.6 Å². The van der Waals surface area contributed by atoms with E-state index in [9.17, 15) is 9.59 Å². The van der Waals surface area contributed by atoms with Gasteiger partial charge in [-0.05, 0) is 55.9 Å². The van der Waals surface area contributed by atoms with Crippen LogP contribution in [0, 0.1) is 12.8 Å². The first-order chi connectivity index (χ1) is 11.4. The van der Waals surface area contributed by atoms with E-state index in [1.165, 1.54) is 17.4 Å². The lowest BCUT2D eigenvalue weighted by Crippen LogP contribution is -2.18. The van der Waals surface area contributed by atoms with Crippen LogP contribution < -0.4 is 11.1 Å². The van der Waals surface area contributed by atoms with Gasteiger partial charge in [-0.2, -0.15) is 0 Å². The fourth-order valence-corrected chi connectivity index (χ4v) is 4.37. The molecule has 24 heavy (non-hydrogen) atoms. The minimum atomic E-state index is -0.483. The van der Waals surface area contributed by atoms with E-state index >= 15 is 0 Å². The molecule has 5 nitrogen and oxygen atoms in total. The summed E-state index contributed by atoms with van der Waals surface area (Å²) in [7, 11) is 0. The molecule has 2 heterocycles. The Kier molecular flexibility index (Phi) is 4.57.